The van der Waals surface area contributed by atoms with Crippen molar-refractivity contribution in [1.29, 1.82) is 0 Å². The van der Waals surface area contributed by atoms with Crippen LogP contribution in [0.2, 0.25) is 5.02 Å². The van der Waals surface area contributed by atoms with E-state index in [4.69, 9.17) is 11.6 Å². The molecular weight excluding hydrogens is 270 g/mol. The number of halogens is 1. The molecule has 0 bridgehead atoms. The van der Waals surface area contributed by atoms with Gasteiger partial charge in [0.15, 0.2) is 0 Å². The summed E-state index contributed by atoms with van der Waals surface area (Å²) in [6, 6.07) is 7.03. The van der Waals surface area contributed by atoms with E-state index in [9.17, 15) is 8.42 Å². The summed E-state index contributed by atoms with van der Waals surface area (Å²) in [5.74, 6) is 0.166. The van der Waals surface area contributed by atoms with Crippen molar-refractivity contribution in [2.75, 3.05) is 0 Å². The zero-order valence-corrected chi connectivity index (χ0v) is 12.7. The summed E-state index contributed by atoms with van der Waals surface area (Å²) in [7, 11) is -3.28. The van der Waals surface area contributed by atoms with Crippen LogP contribution < -0.4 is 4.72 Å². The molecule has 1 atom stereocenters. The van der Waals surface area contributed by atoms with E-state index in [0.29, 0.717) is 5.02 Å². The Labute approximate surface area is 115 Å². The Morgan fingerprint density at radius 2 is 1.56 bits per heavy atom. The van der Waals surface area contributed by atoms with Gasteiger partial charge in [0.25, 0.3) is 0 Å². The average molecular weight is 290 g/mol. The van der Waals surface area contributed by atoms with E-state index in [1.807, 2.05) is 26.0 Å². The first kappa shape index (κ1) is 15.5. The maximum Gasteiger partial charge on any atom is 0.214 e. The maximum absolute atomic E-state index is 11.9. The minimum atomic E-state index is -3.28. The summed E-state index contributed by atoms with van der Waals surface area (Å²) in [5, 5.41) is 0.207. The minimum Gasteiger partial charge on any atom is -0.212 e. The number of nitrogens with one attached hydrogen (secondary N) is 1. The van der Waals surface area contributed by atoms with Crippen molar-refractivity contribution >= 4 is 21.6 Å². The van der Waals surface area contributed by atoms with E-state index in [0.717, 1.165) is 5.56 Å². The lowest BCUT2D eigenvalue weighted by molar-refractivity contribution is 0.460. The number of rotatable bonds is 5. The third kappa shape index (κ3) is 3.97. The lowest BCUT2D eigenvalue weighted by Crippen LogP contribution is -2.36. The van der Waals surface area contributed by atoms with Gasteiger partial charge in [-0.05, 0) is 37.5 Å². The van der Waals surface area contributed by atoms with E-state index in [-0.39, 0.29) is 12.0 Å². The number of benzene rings is 1. The van der Waals surface area contributed by atoms with E-state index in [2.05, 4.69) is 4.72 Å². The van der Waals surface area contributed by atoms with Crippen molar-refractivity contribution in [2.45, 2.75) is 39.0 Å². The lowest BCUT2D eigenvalue weighted by atomic mass is 9.97. The van der Waals surface area contributed by atoms with Crippen LogP contribution in [0.25, 0.3) is 0 Å². The smallest absolute Gasteiger partial charge is 0.212 e. The molecule has 1 aromatic carbocycles. The van der Waals surface area contributed by atoms with Crippen molar-refractivity contribution < 1.29 is 8.42 Å². The van der Waals surface area contributed by atoms with E-state index >= 15 is 0 Å². The molecule has 0 heterocycles. The van der Waals surface area contributed by atoms with Crippen LogP contribution in [0.1, 0.15) is 39.3 Å². The first-order chi connectivity index (χ1) is 8.24. The first-order valence-corrected chi connectivity index (χ1v) is 7.93. The van der Waals surface area contributed by atoms with Gasteiger partial charge in [0.05, 0.1) is 5.25 Å². The Hall–Kier alpha value is -0.580. The second-order valence-electron chi connectivity index (χ2n) is 4.98. The topological polar surface area (TPSA) is 46.2 Å². The highest BCUT2D eigenvalue weighted by atomic mass is 35.5. The quantitative estimate of drug-likeness (QED) is 0.903. The van der Waals surface area contributed by atoms with Crippen molar-refractivity contribution in [3.63, 3.8) is 0 Å². The van der Waals surface area contributed by atoms with Gasteiger partial charge in [-0.2, -0.15) is 0 Å². The molecule has 1 aromatic rings. The molecule has 0 saturated heterocycles. The van der Waals surface area contributed by atoms with Gasteiger partial charge in [0.1, 0.15) is 0 Å². The molecule has 18 heavy (non-hydrogen) atoms. The fraction of sp³-hybridized carbons (Fsp3) is 0.538. The molecule has 1 rings (SSSR count). The van der Waals surface area contributed by atoms with Gasteiger partial charge in [-0.25, -0.2) is 13.1 Å². The van der Waals surface area contributed by atoms with E-state index in [1.54, 1.807) is 26.0 Å². The fourth-order valence-electron chi connectivity index (χ4n) is 1.57. The minimum absolute atomic E-state index is 0.166. The van der Waals surface area contributed by atoms with Crippen LogP contribution in [-0.4, -0.2) is 13.7 Å². The molecule has 0 aromatic heterocycles. The van der Waals surface area contributed by atoms with Crippen LogP contribution in [-0.2, 0) is 10.0 Å². The standard InChI is InChI=1S/C13H20ClNO2S/c1-9(2)13(15-18(16,17)10(3)4)11-5-7-12(14)8-6-11/h5-10,13,15H,1-4H3. The van der Waals surface area contributed by atoms with Gasteiger partial charge in [0, 0.05) is 11.1 Å². The van der Waals surface area contributed by atoms with Crippen LogP contribution in [0.3, 0.4) is 0 Å². The molecule has 3 nitrogen and oxygen atoms in total. The zero-order chi connectivity index (χ0) is 13.9. The van der Waals surface area contributed by atoms with Crippen LogP contribution in [0, 0.1) is 5.92 Å². The van der Waals surface area contributed by atoms with E-state index in [1.165, 1.54) is 0 Å². The van der Waals surface area contributed by atoms with Gasteiger partial charge in [0.2, 0.25) is 10.0 Å². The summed E-state index contributed by atoms with van der Waals surface area (Å²) in [5.41, 5.74) is 0.929. The zero-order valence-electron chi connectivity index (χ0n) is 11.1. The maximum atomic E-state index is 11.9. The normalized spacial score (nSPS) is 14.2. The Balaban J connectivity index is 3.01. The molecule has 1 unspecified atom stereocenters. The highest BCUT2D eigenvalue weighted by molar-refractivity contribution is 7.90. The van der Waals surface area contributed by atoms with E-state index < -0.39 is 15.3 Å². The number of hydrogen-bond acceptors (Lipinski definition) is 2. The molecule has 5 heteroatoms. The molecule has 0 aliphatic rings. The van der Waals surface area contributed by atoms with Gasteiger partial charge in [-0.15, -0.1) is 0 Å². The summed E-state index contributed by atoms with van der Waals surface area (Å²) < 4.78 is 26.7. The monoisotopic (exact) mass is 289 g/mol. The molecule has 1 N–H and O–H groups in total. The molecule has 0 saturated carbocycles. The van der Waals surface area contributed by atoms with Gasteiger partial charge >= 0.3 is 0 Å². The third-order valence-electron chi connectivity index (χ3n) is 2.81. The Kier molecular flexibility index (Phi) is 5.20. The molecule has 0 aliphatic heterocycles. The Morgan fingerprint density at radius 3 is 1.94 bits per heavy atom. The van der Waals surface area contributed by atoms with Crippen LogP contribution in [0.15, 0.2) is 24.3 Å². The van der Waals surface area contributed by atoms with Crippen molar-refractivity contribution in [3.8, 4) is 0 Å². The molecule has 102 valence electrons. The summed E-state index contributed by atoms with van der Waals surface area (Å²) in [6.07, 6.45) is 0. The number of sulfonamides is 1. The number of hydrogen-bond donors (Lipinski definition) is 1. The summed E-state index contributed by atoms with van der Waals surface area (Å²) in [4.78, 5) is 0. The van der Waals surface area contributed by atoms with Crippen LogP contribution >= 0.6 is 11.6 Å². The fourth-order valence-corrected chi connectivity index (χ4v) is 2.73. The van der Waals surface area contributed by atoms with Crippen LogP contribution in [0.5, 0.6) is 0 Å². The van der Waals surface area contributed by atoms with Crippen molar-refractivity contribution in [1.82, 2.24) is 4.72 Å². The van der Waals surface area contributed by atoms with Crippen LogP contribution in [0.4, 0.5) is 0 Å². The third-order valence-corrected chi connectivity index (χ3v) is 4.88. The highest BCUT2D eigenvalue weighted by Gasteiger charge is 2.24. The predicted octanol–water partition coefficient (Wildman–Crippen LogP) is 3.36. The average Bonchev–Trinajstić information content (AvgIpc) is 2.27. The van der Waals surface area contributed by atoms with Gasteiger partial charge in [-0.3, -0.25) is 0 Å². The Bertz CT molecular complexity index is 480. The van der Waals surface area contributed by atoms with Gasteiger partial charge < -0.3 is 0 Å². The van der Waals surface area contributed by atoms with Crippen molar-refractivity contribution in [3.05, 3.63) is 34.9 Å². The highest BCUT2D eigenvalue weighted by Crippen LogP contribution is 2.24. The Morgan fingerprint density at radius 1 is 1.06 bits per heavy atom. The molecule has 0 amide bonds. The second-order valence-corrected chi connectivity index (χ2v) is 7.69. The SMILES string of the molecule is CC(C)C(NS(=O)(=O)C(C)C)c1ccc(Cl)cc1. The molecule has 0 spiro atoms. The first-order valence-electron chi connectivity index (χ1n) is 6.00. The molecule has 0 aliphatic carbocycles. The van der Waals surface area contributed by atoms with Crippen molar-refractivity contribution in [2.24, 2.45) is 5.92 Å². The summed E-state index contributed by atoms with van der Waals surface area (Å²) >= 11 is 5.84. The molecular formula is C13H20ClNO2S. The van der Waals surface area contributed by atoms with Gasteiger partial charge in [-0.1, -0.05) is 37.6 Å². The molecule has 0 radical (unpaired) electrons. The predicted molar refractivity (Wildman–Crippen MR) is 76.2 cm³/mol. The summed E-state index contributed by atoms with van der Waals surface area (Å²) in [6.45, 7) is 7.31. The molecule has 0 fully saturated rings. The lowest BCUT2D eigenvalue weighted by Gasteiger charge is -2.24. The second kappa shape index (κ2) is 6.04. The largest absolute Gasteiger partial charge is 0.214 e.